The van der Waals surface area contributed by atoms with E-state index < -0.39 is 12.3 Å². The van der Waals surface area contributed by atoms with Crippen molar-refractivity contribution in [2.45, 2.75) is 25.2 Å². The number of hydrogen-bond acceptors (Lipinski definition) is 0. The standard InChI is InChI=1S/C10H12F2/c11-8-4-7-5-1-2-6(3-5)9(7)10(8)12/h1-2,5-10H,3-4H2. The zero-order chi connectivity index (χ0) is 8.29. The summed E-state index contributed by atoms with van der Waals surface area (Å²) in [6, 6.07) is 0. The van der Waals surface area contributed by atoms with E-state index in [0.717, 1.165) is 6.42 Å². The Morgan fingerprint density at radius 3 is 2.50 bits per heavy atom. The first-order valence-electron chi connectivity index (χ1n) is 4.74. The molecular weight excluding hydrogens is 158 g/mol. The fraction of sp³-hybridized carbons (Fsp3) is 0.800. The summed E-state index contributed by atoms with van der Waals surface area (Å²) < 4.78 is 26.3. The lowest BCUT2D eigenvalue weighted by molar-refractivity contribution is 0.146. The normalized spacial score (nSPS) is 61.2. The largest absolute Gasteiger partial charge is 0.244 e. The van der Waals surface area contributed by atoms with E-state index in [1.807, 2.05) is 0 Å². The lowest BCUT2D eigenvalue weighted by Gasteiger charge is -2.20. The highest BCUT2D eigenvalue weighted by Crippen LogP contribution is 2.56. The minimum Gasteiger partial charge on any atom is -0.244 e. The quantitative estimate of drug-likeness (QED) is 0.490. The summed E-state index contributed by atoms with van der Waals surface area (Å²) in [6.07, 6.45) is 3.47. The van der Waals surface area contributed by atoms with Gasteiger partial charge in [-0.3, -0.25) is 0 Å². The molecule has 66 valence electrons. The van der Waals surface area contributed by atoms with Crippen LogP contribution in [0.25, 0.3) is 0 Å². The first kappa shape index (κ1) is 7.05. The van der Waals surface area contributed by atoms with Crippen molar-refractivity contribution >= 4 is 0 Å². The van der Waals surface area contributed by atoms with Crippen molar-refractivity contribution in [3.05, 3.63) is 12.2 Å². The Balaban J connectivity index is 1.94. The topological polar surface area (TPSA) is 0 Å². The van der Waals surface area contributed by atoms with Gasteiger partial charge in [-0.2, -0.15) is 0 Å². The van der Waals surface area contributed by atoms with Crippen LogP contribution in [0.15, 0.2) is 12.2 Å². The van der Waals surface area contributed by atoms with Gasteiger partial charge in [-0.05, 0) is 30.6 Å². The monoisotopic (exact) mass is 170 g/mol. The Hall–Kier alpha value is -0.400. The fourth-order valence-corrected chi connectivity index (χ4v) is 3.40. The smallest absolute Gasteiger partial charge is 0.135 e. The number of allylic oxidation sites excluding steroid dienone is 2. The van der Waals surface area contributed by atoms with Crippen LogP contribution >= 0.6 is 0 Å². The molecule has 0 aliphatic heterocycles. The van der Waals surface area contributed by atoms with Gasteiger partial charge in [0.15, 0.2) is 0 Å². The van der Waals surface area contributed by atoms with Gasteiger partial charge in [0.1, 0.15) is 12.3 Å². The molecule has 0 heterocycles. The molecule has 3 rings (SSSR count). The average molecular weight is 170 g/mol. The second-order valence-corrected chi connectivity index (χ2v) is 4.39. The second-order valence-electron chi connectivity index (χ2n) is 4.39. The van der Waals surface area contributed by atoms with Crippen molar-refractivity contribution in [3.8, 4) is 0 Å². The summed E-state index contributed by atoms with van der Waals surface area (Å²) in [5.41, 5.74) is 0. The van der Waals surface area contributed by atoms with Crippen LogP contribution in [0.1, 0.15) is 12.8 Å². The van der Waals surface area contributed by atoms with Crippen LogP contribution in [0, 0.1) is 23.7 Å². The van der Waals surface area contributed by atoms with E-state index in [1.54, 1.807) is 0 Å². The molecule has 0 aromatic heterocycles. The Kier molecular flexibility index (Phi) is 1.23. The third-order valence-electron chi connectivity index (χ3n) is 3.90. The Morgan fingerprint density at radius 2 is 1.75 bits per heavy atom. The summed E-state index contributed by atoms with van der Waals surface area (Å²) in [7, 11) is 0. The van der Waals surface area contributed by atoms with E-state index in [0.29, 0.717) is 24.2 Å². The molecule has 0 spiro atoms. The molecule has 0 amide bonds. The maximum Gasteiger partial charge on any atom is 0.135 e. The lowest BCUT2D eigenvalue weighted by atomic mass is 9.85. The highest BCUT2D eigenvalue weighted by molar-refractivity contribution is 5.18. The second kappa shape index (κ2) is 2.09. The van der Waals surface area contributed by atoms with Crippen molar-refractivity contribution in [2.24, 2.45) is 23.7 Å². The summed E-state index contributed by atoms with van der Waals surface area (Å²) in [5, 5.41) is 0. The van der Waals surface area contributed by atoms with Crippen LogP contribution < -0.4 is 0 Å². The third kappa shape index (κ3) is 0.668. The molecule has 0 nitrogen and oxygen atoms in total. The third-order valence-corrected chi connectivity index (χ3v) is 3.90. The number of fused-ring (bicyclic) bond motifs is 5. The van der Waals surface area contributed by atoms with Crippen LogP contribution in [0.4, 0.5) is 8.78 Å². The van der Waals surface area contributed by atoms with Crippen LogP contribution in [-0.4, -0.2) is 12.3 Å². The van der Waals surface area contributed by atoms with Gasteiger partial charge >= 0.3 is 0 Å². The van der Waals surface area contributed by atoms with Crippen LogP contribution in [0.2, 0.25) is 0 Å². The summed E-state index contributed by atoms with van der Waals surface area (Å²) in [5.74, 6) is 1.20. The molecule has 3 aliphatic carbocycles. The van der Waals surface area contributed by atoms with Crippen molar-refractivity contribution in [1.29, 1.82) is 0 Å². The van der Waals surface area contributed by atoms with Gasteiger partial charge in [-0.1, -0.05) is 12.2 Å². The summed E-state index contributed by atoms with van der Waals surface area (Å²) in [4.78, 5) is 0. The molecule has 2 fully saturated rings. The molecule has 0 aromatic carbocycles. The van der Waals surface area contributed by atoms with E-state index in [2.05, 4.69) is 12.2 Å². The summed E-state index contributed by atoms with van der Waals surface area (Å²) in [6.45, 7) is 0. The molecule has 2 saturated carbocycles. The van der Waals surface area contributed by atoms with E-state index in [9.17, 15) is 8.78 Å². The van der Waals surface area contributed by atoms with Gasteiger partial charge in [0.2, 0.25) is 0 Å². The Labute approximate surface area is 70.6 Å². The number of alkyl halides is 2. The molecule has 0 radical (unpaired) electrons. The molecule has 0 N–H and O–H groups in total. The number of hydrogen-bond donors (Lipinski definition) is 0. The molecule has 12 heavy (non-hydrogen) atoms. The zero-order valence-electron chi connectivity index (χ0n) is 6.79. The van der Waals surface area contributed by atoms with Gasteiger partial charge in [0.05, 0.1) is 0 Å². The highest BCUT2D eigenvalue weighted by atomic mass is 19.2. The van der Waals surface area contributed by atoms with Gasteiger partial charge < -0.3 is 0 Å². The van der Waals surface area contributed by atoms with Gasteiger partial charge in [-0.15, -0.1) is 0 Å². The van der Waals surface area contributed by atoms with E-state index in [4.69, 9.17) is 0 Å². The molecule has 2 bridgehead atoms. The van der Waals surface area contributed by atoms with Crippen molar-refractivity contribution < 1.29 is 8.78 Å². The predicted molar refractivity (Wildman–Crippen MR) is 42.1 cm³/mol. The number of halogens is 2. The van der Waals surface area contributed by atoms with Crippen LogP contribution in [0.3, 0.4) is 0 Å². The highest BCUT2D eigenvalue weighted by Gasteiger charge is 2.55. The molecule has 6 unspecified atom stereocenters. The minimum absolute atomic E-state index is 0.0231. The predicted octanol–water partition coefficient (Wildman–Crippen LogP) is 2.50. The lowest BCUT2D eigenvalue weighted by Crippen LogP contribution is -2.23. The van der Waals surface area contributed by atoms with E-state index in [-0.39, 0.29) is 5.92 Å². The summed E-state index contributed by atoms with van der Waals surface area (Å²) >= 11 is 0. The first-order chi connectivity index (χ1) is 5.77. The Morgan fingerprint density at radius 1 is 1.00 bits per heavy atom. The van der Waals surface area contributed by atoms with Crippen molar-refractivity contribution in [2.75, 3.05) is 0 Å². The van der Waals surface area contributed by atoms with Gasteiger partial charge in [0.25, 0.3) is 0 Å². The SMILES string of the molecule is FC1CC2C3C=CC(C3)C2C1F. The zero-order valence-corrected chi connectivity index (χ0v) is 6.79. The van der Waals surface area contributed by atoms with Crippen molar-refractivity contribution in [1.82, 2.24) is 0 Å². The molecule has 0 aromatic rings. The van der Waals surface area contributed by atoms with Crippen LogP contribution in [0.5, 0.6) is 0 Å². The first-order valence-corrected chi connectivity index (χ1v) is 4.74. The fourth-order valence-electron chi connectivity index (χ4n) is 3.40. The number of rotatable bonds is 0. The molecule has 6 atom stereocenters. The maximum atomic E-state index is 13.3. The molecule has 2 heteroatoms. The van der Waals surface area contributed by atoms with Gasteiger partial charge in [-0.25, -0.2) is 8.78 Å². The van der Waals surface area contributed by atoms with Crippen LogP contribution in [-0.2, 0) is 0 Å². The molecule has 3 aliphatic rings. The maximum absolute atomic E-state index is 13.3. The molecule has 0 saturated heterocycles. The van der Waals surface area contributed by atoms with Gasteiger partial charge in [0, 0.05) is 5.92 Å². The average Bonchev–Trinajstić information content (AvgIpc) is 2.66. The van der Waals surface area contributed by atoms with E-state index >= 15 is 0 Å². The minimum atomic E-state index is -1.18. The Bertz CT molecular complexity index is 236. The van der Waals surface area contributed by atoms with Crippen molar-refractivity contribution in [3.63, 3.8) is 0 Å². The molecular formula is C10H12F2. The van der Waals surface area contributed by atoms with E-state index in [1.165, 1.54) is 0 Å².